The summed E-state index contributed by atoms with van der Waals surface area (Å²) in [5, 5.41) is 28.7. The molecule has 0 aliphatic carbocycles. The molecule has 0 aromatic carbocycles. The van der Waals surface area contributed by atoms with E-state index in [-0.39, 0.29) is 0 Å². The Hall–Kier alpha value is -0.240. The Labute approximate surface area is 101 Å². The summed E-state index contributed by atoms with van der Waals surface area (Å²) >= 11 is 0. The topological polar surface area (TPSA) is 105 Å². The Morgan fingerprint density at radius 1 is 1.06 bits per heavy atom. The summed E-state index contributed by atoms with van der Waals surface area (Å²) in [5.41, 5.74) is 5.36. The molecule has 102 valence electrons. The van der Waals surface area contributed by atoms with Gasteiger partial charge in [-0.25, -0.2) is 0 Å². The fourth-order valence-electron chi connectivity index (χ4n) is 1.77. The lowest BCUT2D eigenvalue weighted by Crippen LogP contribution is -2.57. The fraction of sp³-hybridized carbons (Fsp3) is 1.00. The number of rotatable bonds is 6. The molecule has 1 rings (SSSR count). The largest absolute Gasteiger partial charge is 0.388 e. The van der Waals surface area contributed by atoms with Gasteiger partial charge in [-0.2, -0.15) is 0 Å². The summed E-state index contributed by atoms with van der Waals surface area (Å²) in [6.45, 7) is 2.73. The molecule has 0 saturated carbocycles. The molecule has 1 fully saturated rings. The highest BCUT2D eigenvalue weighted by atomic mass is 16.7. The monoisotopic (exact) mass is 249 g/mol. The molecule has 17 heavy (non-hydrogen) atoms. The molecule has 0 aromatic heterocycles. The molecule has 6 heteroatoms. The standard InChI is InChI=1S/C11H23NO5/c1-7-8(13)9(14)10(15)11(17-7)16-6-4-2-3-5-12/h7-11,13-15H,2-6,12H2,1H3/t7?,8-,9-,10?,11+/m0/s1. The predicted octanol–water partition coefficient (Wildman–Crippen LogP) is -1.04. The Balaban J connectivity index is 2.28. The van der Waals surface area contributed by atoms with Crippen molar-refractivity contribution in [2.45, 2.75) is 56.9 Å². The van der Waals surface area contributed by atoms with Gasteiger partial charge in [0.1, 0.15) is 18.3 Å². The van der Waals surface area contributed by atoms with Crippen molar-refractivity contribution in [2.24, 2.45) is 5.73 Å². The minimum atomic E-state index is -1.23. The third-order valence-corrected chi connectivity index (χ3v) is 2.94. The summed E-state index contributed by atoms with van der Waals surface area (Å²) < 4.78 is 10.6. The van der Waals surface area contributed by atoms with Crippen molar-refractivity contribution in [3.8, 4) is 0 Å². The van der Waals surface area contributed by atoms with E-state index in [4.69, 9.17) is 15.2 Å². The second kappa shape index (κ2) is 7.25. The summed E-state index contributed by atoms with van der Waals surface area (Å²) in [5.74, 6) is 0. The van der Waals surface area contributed by atoms with Gasteiger partial charge >= 0.3 is 0 Å². The van der Waals surface area contributed by atoms with Gasteiger partial charge in [-0.05, 0) is 32.7 Å². The lowest BCUT2D eigenvalue weighted by Gasteiger charge is -2.38. The van der Waals surface area contributed by atoms with Gasteiger partial charge < -0.3 is 30.5 Å². The third-order valence-electron chi connectivity index (χ3n) is 2.94. The molecule has 2 unspecified atom stereocenters. The maximum Gasteiger partial charge on any atom is 0.186 e. The van der Waals surface area contributed by atoms with Crippen molar-refractivity contribution in [1.82, 2.24) is 0 Å². The second-order valence-electron chi connectivity index (χ2n) is 4.40. The summed E-state index contributed by atoms with van der Waals surface area (Å²) in [4.78, 5) is 0. The van der Waals surface area contributed by atoms with Crippen LogP contribution < -0.4 is 5.73 Å². The molecule has 1 saturated heterocycles. The molecule has 1 aliphatic rings. The fourth-order valence-corrected chi connectivity index (χ4v) is 1.77. The van der Waals surface area contributed by atoms with E-state index < -0.39 is 30.7 Å². The highest BCUT2D eigenvalue weighted by Gasteiger charge is 2.42. The third kappa shape index (κ3) is 4.17. The van der Waals surface area contributed by atoms with E-state index >= 15 is 0 Å². The predicted molar refractivity (Wildman–Crippen MR) is 61.2 cm³/mol. The van der Waals surface area contributed by atoms with Crippen LogP contribution >= 0.6 is 0 Å². The average Bonchev–Trinajstić information content (AvgIpc) is 2.32. The van der Waals surface area contributed by atoms with Gasteiger partial charge in [-0.15, -0.1) is 0 Å². The number of hydrogen-bond donors (Lipinski definition) is 4. The summed E-state index contributed by atoms with van der Waals surface area (Å²) in [7, 11) is 0. The zero-order valence-corrected chi connectivity index (χ0v) is 10.2. The van der Waals surface area contributed by atoms with Crippen LogP contribution in [0.5, 0.6) is 0 Å². The van der Waals surface area contributed by atoms with E-state index in [2.05, 4.69) is 0 Å². The van der Waals surface area contributed by atoms with Crippen molar-refractivity contribution in [3.05, 3.63) is 0 Å². The first-order chi connectivity index (χ1) is 8.07. The van der Waals surface area contributed by atoms with Crippen molar-refractivity contribution >= 4 is 0 Å². The molecular formula is C11H23NO5. The number of unbranched alkanes of at least 4 members (excludes halogenated alkanes) is 2. The van der Waals surface area contributed by atoms with E-state index in [0.717, 1.165) is 19.3 Å². The van der Waals surface area contributed by atoms with Crippen molar-refractivity contribution in [3.63, 3.8) is 0 Å². The molecule has 0 radical (unpaired) electrons. The van der Waals surface area contributed by atoms with Crippen LogP contribution in [0, 0.1) is 0 Å². The summed E-state index contributed by atoms with van der Waals surface area (Å²) in [6.07, 6.45) is -2.22. The van der Waals surface area contributed by atoms with Gasteiger partial charge in [0.2, 0.25) is 0 Å². The SMILES string of the molecule is CC1O[C@@H](OCCCCCN)C(O)[C@@H](O)[C@H]1O. The molecule has 1 heterocycles. The van der Waals surface area contributed by atoms with Crippen LogP contribution in [0.1, 0.15) is 26.2 Å². The second-order valence-corrected chi connectivity index (χ2v) is 4.40. The normalized spacial score (nSPS) is 38.3. The van der Waals surface area contributed by atoms with Gasteiger partial charge in [0.15, 0.2) is 6.29 Å². The van der Waals surface area contributed by atoms with Crippen LogP contribution in [0.4, 0.5) is 0 Å². The average molecular weight is 249 g/mol. The van der Waals surface area contributed by atoms with E-state index in [1.54, 1.807) is 6.92 Å². The number of hydrogen-bond acceptors (Lipinski definition) is 6. The molecule has 0 bridgehead atoms. The van der Waals surface area contributed by atoms with Gasteiger partial charge in [-0.1, -0.05) is 0 Å². The molecular weight excluding hydrogens is 226 g/mol. The van der Waals surface area contributed by atoms with E-state index in [9.17, 15) is 15.3 Å². The Morgan fingerprint density at radius 3 is 2.41 bits per heavy atom. The molecule has 5 atom stereocenters. The number of aliphatic hydroxyl groups excluding tert-OH is 3. The highest BCUT2D eigenvalue weighted by Crippen LogP contribution is 2.21. The minimum absolute atomic E-state index is 0.442. The lowest BCUT2D eigenvalue weighted by molar-refractivity contribution is -0.293. The quantitative estimate of drug-likeness (QED) is 0.448. The summed E-state index contributed by atoms with van der Waals surface area (Å²) in [6, 6.07) is 0. The van der Waals surface area contributed by atoms with Crippen LogP contribution in [0.25, 0.3) is 0 Å². The van der Waals surface area contributed by atoms with Gasteiger partial charge in [-0.3, -0.25) is 0 Å². The highest BCUT2D eigenvalue weighted by molar-refractivity contribution is 4.87. The first-order valence-electron chi connectivity index (χ1n) is 6.09. The zero-order chi connectivity index (χ0) is 12.8. The van der Waals surface area contributed by atoms with Crippen molar-refractivity contribution in [2.75, 3.05) is 13.2 Å². The maximum atomic E-state index is 9.65. The Morgan fingerprint density at radius 2 is 1.76 bits per heavy atom. The van der Waals surface area contributed by atoms with Crippen molar-refractivity contribution < 1.29 is 24.8 Å². The van der Waals surface area contributed by atoms with E-state index in [0.29, 0.717) is 13.2 Å². The molecule has 1 aliphatic heterocycles. The first-order valence-corrected chi connectivity index (χ1v) is 6.09. The molecule has 0 aromatic rings. The maximum absolute atomic E-state index is 9.65. The molecule has 5 N–H and O–H groups in total. The van der Waals surface area contributed by atoms with Crippen LogP contribution in [0.3, 0.4) is 0 Å². The number of nitrogens with two attached hydrogens (primary N) is 1. The molecule has 0 spiro atoms. The number of ether oxygens (including phenoxy) is 2. The van der Waals surface area contributed by atoms with Crippen LogP contribution in [0.15, 0.2) is 0 Å². The molecule has 0 amide bonds. The van der Waals surface area contributed by atoms with Crippen LogP contribution in [-0.4, -0.2) is 59.2 Å². The first kappa shape index (κ1) is 14.8. The van der Waals surface area contributed by atoms with E-state index in [1.165, 1.54) is 0 Å². The lowest BCUT2D eigenvalue weighted by atomic mass is 10.0. The van der Waals surface area contributed by atoms with Gasteiger partial charge in [0.05, 0.1) is 6.10 Å². The van der Waals surface area contributed by atoms with Gasteiger partial charge in [0.25, 0.3) is 0 Å². The smallest absolute Gasteiger partial charge is 0.186 e. The molecule has 6 nitrogen and oxygen atoms in total. The number of aliphatic hydroxyl groups is 3. The van der Waals surface area contributed by atoms with Crippen molar-refractivity contribution in [1.29, 1.82) is 0 Å². The Kier molecular flexibility index (Phi) is 6.32. The van der Waals surface area contributed by atoms with Crippen LogP contribution in [-0.2, 0) is 9.47 Å². The minimum Gasteiger partial charge on any atom is -0.388 e. The van der Waals surface area contributed by atoms with Crippen LogP contribution in [0.2, 0.25) is 0 Å². The van der Waals surface area contributed by atoms with E-state index in [1.807, 2.05) is 0 Å². The Bertz CT molecular complexity index is 216. The zero-order valence-electron chi connectivity index (χ0n) is 10.2. The van der Waals surface area contributed by atoms with Gasteiger partial charge in [0, 0.05) is 6.61 Å².